The van der Waals surface area contributed by atoms with Crippen molar-refractivity contribution in [1.82, 2.24) is 24.6 Å². The van der Waals surface area contributed by atoms with Crippen molar-refractivity contribution in [3.05, 3.63) is 36.4 Å². The van der Waals surface area contributed by atoms with E-state index in [2.05, 4.69) is 15.1 Å². The summed E-state index contributed by atoms with van der Waals surface area (Å²) in [6, 6.07) is 3.87. The summed E-state index contributed by atoms with van der Waals surface area (Å²) in [5, 5.41) is 4.16. The fourth-order valence-electron chi connectivity index (χ4n) is 3.28. The molecule has 2 aliphatic rings. The van der Waals surface area contributed by atoms with Crippen LogP contribution in [-0.4, -0.2) is 62.0 Å². The first kappa shape index (κ1) is 15.1. The van der Waals surface area contributed by atoms with E-state index in [1.165, 1.54) is 0 Å². The number of ether oxygens (including phenoxy) is 2. The molecule has 0 radical (unpaired) electrons. The van der Waals surface area contributed by atoms with Crippen LogP contribution >= 0.6 is 0 Å². The summed E-state index contributed by atoms with van der Waals surface area (Å²) >= 11 is 0. The molecular formula is C16H19N5O3. The maximum Gasteiger partial charge on any atom is 0.316 e. The molecular weight excluding hydrogens is 310 g/mol. The second-order valence-electron chi connectivity index (χ2n) is 6.33. The van der Waals surface area contributed by atoms with Crippen molar-refractivity contribution in [2.75, 3.05) is 19.7 Å². The lowest BCUT2D eigenvalue weighted by Crippen LogP contribution is -2.67. The summed E-state index contributed by atoms with van der Waals surface area (Å²) in [4.78, 5) is 22.4. The minimum atomic E-state index is -0.317. The zero-order valence-corrected chi connectivity index (χ0v) is 13.5. The van der Waals surface area contributed by atoms with E-state index >= 15 is 0 Å². The van der Waals surface area contributed by atoms with Crippen LogP contribution in [0.4, 0.5) is 0 Å². The van der Waals surface area contributed by atoms with Crippen LogP contribution < -0.4 is 4.74 Å². The van der Waals surface area contributed by atoms with Crippen molar-refractivity contribution >= 4 is 5.91 Å². The Balaban J connectivity index is 1.36. The van der Waals surface area contributed by atoms with E-state index in [0.717, 1.165) is 12.8 Å². The lowest BCUT2D eigenvalue weighted by atomic mass is 9.84. The van der Waals surface area contributed by atoms with Crippen LogP contribution in [0.1, 0.15) is 23.3 Å². The molecule has 0 aromatic carbocycles. The molecule has 4 heterocycles. The maximum atomic E-state index is 12.4. The van der Waals surface area contributed by atoms with E-state index in [-0.39, 0.29) is 17.6 Å². The third-order valence-corrected chi connectivity index (χ3v) is 4.44. The highest BCUT2D eigenvalue weighted by Crippen LogP contribution is 2.35. The SMILES string of the molecule is Cn1ccc(C(=O)N2CC3(C[C@@H](Oc4ncccn4)CCO3)C2)n1. The average Bonchev–Trinajstić information content (AvgIpc) is 3.00. The number of carbonyl (C=O) groups is 1. The quantitative estimate of drug-likeness (QED) is 0.823. The van der Waals surface area contributed by atoms with Crippen LogP contribution in [0.15, 0.2) is 30.7 Å². The number of aromatic nitrogens is 4. The maximum absolute atomic E-state index is 12.4. The van der Waals surface area contributed by atoms with Crippen molar-refractivity contribution in [3.63, 3.8) is 0 Å². The zero-order valence-electron chi connectivity index (χ0n) is 13.5. The largest absolute Gasteiger partial charge is 0.460 e. The fraction of sp³-hybridized carbons (Fsp3) is 0.500. The number of carbonyl (C=O) groups excluding carboxylic acids is 1. The van der Waals surface area contributed by atoms with Crippen molar-refractivity contribution in [2.45, 2.75) is 24.5 Å². The topological polar surface area (TPSA) is 82.4 Å². The summed E-state index contributed by atoms with van der Waals surface area (Å²) in [6.45, 7) is 1.75. The minimum Gasteiger partial charge on any atom is -0.460 e. The summed E-state index contributed by atoms with van der Waals surface area (Å²) in [6.07, 6.45) is 6.63. The number of hydrogen-bond donors (Lipinski definition) is 0. The molecule has 8 heteroatoms. The van der Waals surface area contributed by atoms with Crippen LogP contribution in [0.25, 0.3) is 0 Å². The first-order valence-electron chi connectivity index (χ1n) is 8.00. The van der Waals surface area contributed by atoms with Crippen molar-refractivity contribution in [3.8, 4) is 6.01 Å². The van der Waals surface area contributed by atoms with E-state index in [4.69, 9.17) is 9.47 Å². The molecule has 0 N–H and O–H groups in total. The van der Waals surface area contributed by atoms with Gasteiger partial charge in [0.15, 0.2) is 0 Å². The highest BCUT2D eigenvalue weighted by atomic mass is 16.5. The predicted octanol–water partition coefficient (Wildman–Crippen LogP) is 0.663. The van der Waals surface area contributed by atoms with Gasteiger partial charge < -0.3 is 14.4 Å². The van der Waals surface area contributed by atoms with E-state index < -0.39 is 0 Å². The van der Waals surface area contributed by atoms with Gasteiger partial charge in [0, 0.05) is 38.5 Å². The van der Waals surface area contributed by atoms with Crippen LogP contribution in [0.2, 0.25) is 0 Å². The molecule has 0 unspecified atom stereocenters. The Hall–Kier alpha value is -2.48. The lowest BCUT2D eigenvalue weighted by molar-refractivity contribution is -0.174. The average molecular weight is 329 g/mol. The Morgan fingerprint density at radius 3 is 2.88 bits per heavy atom. The second kappa shape index (κ2) is 5.86. The summed E-state index contributed by atoms with van der Waals surface area (Å²) in [5.41, 5.74) is 0.149. The molecule has 24 heavy (non-hydrogen) atoms. The molecule has 2 aromatic rings. The van der Waals surface area contributed by atoms with Gasteiger partial charge in [0.05, 0.1) is 19.7 Å². The highest BCUT2D eigenvalue weighted by Gasteiger charge is 2.50. The van der Waals surface area contributed by atoms with Gasteiger partial charge >= 0.3 is 6.01 Å². The molecule has 2 aliphatic heterocycles. The van der Waals surface area contributed by atoms with Gasteiger partial charge in [-0.15, -0.1) is 0 Å². The molecule has 1 amide bonds. The van der Waals surface area contributed by atoms with Crippen LogP contribution in [-0.2, 0) is 11.8 Å². The monoisotopic (exact) mass is 329 g/mol. The van der Waals surface area contributed by atoms with Crippen molar-refractivity contribution in [2.24, 2.45) is 7.05 Å². The van der Waals surface area contributed by atoms with Crippen molar-refractivity contribution < 1.29 is 14.3 Å². The Labute approximate surface area is 139 Å². The van der Waals surface area contributed by atoms with Gasteiger partial charge in [-0.05, 0) is 12.1 Å². The number of amides is 1. The number of likely N-dealkylation sites (tertiary alicyclic amines) is 1. The Bertz CT molecular complexity index is 726. The number of hydrogen-bond acceptors (Lipinski definition) is 6. The fourth-order valence-corrected chi connectivity index (χ4v) is 3.28. The first-order valence-corrected chi connectivity index (χ1v) is 8.00. The van der Waals surface area contributed by atoms with E-state index in [9.17, 15) is 4.79 Å². The standard InChI is InChI=1S/C16H19N5O3/c1-20-7-3-13(19-20)14(22)21-10-16(11-21)9-12(4-8-23-16)24-15-17-5-2-6-18-15/h2-3,5-7,12H,4,8-11H2,1H3/t12-/m0/s1. The molecule has 8 nitrogen and oxygen atoms in total. The predicted molar refractivity (Wildman–Crippen MR) is 83.5 cm³/mol. The highest BCUT2D eigenvalue weighted by molar-refractivity contribution is 5.93. The Morgan fingerprint density at radius 2 is 2.17 bits per heavy atom. The summed E-state index contributed by atoms with van der Waals surface area (Å²) < 4.78 is 13.4. The molecule has 1 spiro atoms. The second-order valence-corrected chi connectivity index (χ2v) is 6.33. The van der Waals surface area contributed by atoms with Gasteiger partial charge in [-0.25, -0.2) is 9.97 Å². The van der Waals surface area contributed by atoms with Gasteiger partial charge in [0.1, 0.15) is 17.4 Å². The van der Waals surface area contributed by atoms with Gasteiger partial charge in [-0.2, -0.15) is 5.10 Å². The smallest absolute Gasteiger partial charge is 0.316 e. The first-order chi connectivity index (χ1) is 11.6. The summed E-state index contributed by atoms with van der Waals surface area (Å²) in [5.74, 6) is -0.0562. The third-order valence-electron chi connectivity index (χ3n) is 4.44. The van der Waals surface area contributed by atoms with E-state index in [1.807, 2.05) is 0 Å². The minimum absolute atomic E-state index is 0.00764. The Morgan fingerprint density at radius 1 is 1.38 bits per heavy atom. The molecule has 1 atom stereocenters. The number of rotatable bonds is 3. The van der Waals surface area contributed by atoms with Crippen LogP contribution in [0, 0.1) is 0 Å². The molecule has 0 saturated carbocycles. The molecule has 0 aliphatic carbocycles. The Kier molecular flexibility index (Phi) is 3.68. The van der Waals surface area contributed by atoms with Gasteiger partial charge in [-0.1, -0.05) is 0 Å². The number of nitrogens with zero attached hydrogens (tertiary/aromatic N) is 5. The molecule has 4 rings (SSSR count). The van der Waals surface area contributed by atoms with Gasteiger partial charge in [-0.3, -0.25) is 9.48 Å². The zero-order chi connectivity index (χ0) is 16.6. The molecule has 2 saturated heterocycles. The normalized spacial score (nSPS) is 22.2. The van der Waals surface area contributed by atoms with E-state index in [0.29, 0.717) is 31.4 Å². The molecule has 2 fully saturated rings. The van der Waals surface area contributed by atoms with Crippen LogP contribution in [0.3, 0.4) is 0 Å². The summed E-state index contributed by atoms with van der Waals surface area (Å²) in [7, 11) is 1.80. The van der Waals surface area contributed by atoms with Crippen molar-refractivity contribution in [1.29, 1.82) is 0 Å². The van der Waals surface area contributed by atoms with Crippen LogP contribution in [0.5, 0.6) is 6.01 Å². The van der Waals surface area contributed by atoms with Gasteiger partial charge in [0.25, 0.3) is 5.91 Å². The third kappa shape index (κ3) is 2.84. The van der Waals surface area contributed by atoms with Gasteiger partial charge in [0.2, 0.25) is 0 Å². The molecule has 126 valence electrons. The lowest BCUT2D eigenvalue weighted by Gasteiger charge is -2.52. The van der Waals surface area contributed by atoms with E-state index in [1.54, 1.807) is 47.4 Å². The molecule has 0 bridgehead atoms. The number of aryl methyl sites for hydroxylation is 1. The molecule has 2 aromatic heterocycles.